The van der Waals surface area contributed by atoms with E-state index in [2.05, 4.69) is 0 Å². The minimum atomic E-state index is -0.698. The van der Waals surface area contributed by atoms with E-state index < -0.39 is 35.1 Å². The van der Waals surface area contributed by atoms with E-state index in [-0.39, 0.29) is 4.91 Å². The number of rotatable bonds is 3. The maximum absolute atomic E-state index is 13.2. The summed E-state index contributed by atoms with van der Waals surface area (Å²) in [5.74, 6) is -1.69. The number of ether oxygens (including phenoxy) is 1. The first-order valence-corrected chi connectivity index (χ1v) is 7.70. The zero-order valence-corrected chi connectivity index (χ0v) is 13.8. The molecule has 2 amide bonds. The zero-order chi connectivity index (χ0) is 17.2. The zero-order valence-electron chi connectivity index (χ0n) is 13.0. The normalized spacial score (nSPS) is 17.0. The number of esters is 1. The Morgan fingerprint density at radius 3 is 2.65 bits per heavy atom. The Hall–Kier alpha value is -2.15. The van der Waals surface area contributed by atoms with Crippen LogP contribution in [0.3, 0.4) is 0 Å². The van der Waals surface area contributed by atoms with Gasteiger partial charge >= 0.3 is 5.97 Å². The third kappa shape index (κ3) is 4.66. The smallest absolute Gasteiger partial charge is 0.326 e. The van der Waals surface area contributed by atoms with Gasteiger partial charge in [0.1, 0.15) is 18.0 Å². The maximum Gasteiger partial charge on any atom is 0.326 e. The molecule has 0 aliphatic carbocycles. The second-order valence-electron chi connectivity index (χ2n) is 5.91. The third-order valence-corrected chi connectivity index (χ3v) is 3.63. The van der Waals surface area contributed by atoms with Gasteiger partial charge in [0, 0.05) is 0 Å². The molecule has 122 valence electrons. The summed E-state index contributed by atoms with van der Waals surface area (Å²) in [4.78, 5) is 36.9. The van der Waals surface area contributed by atoms with Gasteiger partial charge in [0.05, 0.1) is 4.91 Å². The highest BCUT2D eigenvalue weighted by Gasteiger charge is 2.37. The Balaban J connectivity index is 2.12. The molecule has 0 aromatic heterocycles. The van der Waals surface area contributed by atoms with Gasteiger partial charge in [0.25, 0.3) is 11.1 Å². The number of hydrogen-bond acceptors (Lipinski definition) is 5. The van der Waals surface area contributed by atoms with E-state index in [1.54, 1.807) is 26.8 Å². The van der Waals surface area contributed by atoms with Crippen LogP contribution in [0.1, 0.15) is 26.3 Å². The quantitative estimate of drug-likeness (QED) is 0.626. The van der Waals surface area contributed by atoms with Gasteiger partial charge in [-0.15, -0.1) is 0 Å². The van der Waals surface area contributed by atoms with Crippen LogP contribution in [0.5, 0.6) is 0 Å². The fourth-order valence-electron chi connectivity index (χ4n) is 1.89. The fraction of sp³-hybridized carbons (Fsp3) is 0.312. The second-order valence-corrected chi connectivity index (χ2v) is 6.90. The van der Waals surface area contributed by atoms with Crippen LogP contribution in [-0.2, 0) is 14.3 Å². The number of halogens is 1. The van der Waals surface area contributed by atoms with Crippen molar-refractivity contribution in [2.75, 3.05) is 6.54 Å². The number of imide groups is 1. The van der Waals surface area contributed by atoms with Crippen LogP contribution in [0.4, 0.5) is 9.18 Å². The first-order chi connectivity index (χ1) is 10.7. The second kappa shape index (κ2) is 6.54. The molecule has 1 saturated heterocycles. The third-order valence-electron chi connectivity index (χ3n) is 2.73. The van der Waals surface area contributed by atoms with Gasteiger partial charge in [-0.1, -0.05) is 12.1 Å². The van der Waals surface area contributed by atoms with Crippen LogP contribution in [0, 0.1) is 5.82 Å². The standard InChI is InChI=1S/C16H16FNO4S/c1-16(2,3)22-13(19)9-18-14(20)12(23-15(18)21)8-10-5-4-6-11(17)7-10/h4-8H,9H2,1-3H3/b12-8-. The molecule has 0 atom stereocenters. The van der Waals surface area contributed by atoms with E-state index in [9.17, 15) is 18.8 Å². The summed E-state index contributed by atoms with van der Waals surface area (Å²) in [5.41, 5.74) is -0.233. The molecule has 23 heavy (non-hydrogen) atoms. The highest BCUT2D eigenvalue weighted by molar-refractivity contribution is 8.18. The number of hydrogen-bond donors (Lipinski definition) is 0. The summed E-state index contributed by atoms with van der Waals surface area (Å²) in [7, 11) is 0. The van der Waals surface area contributed by atoms with Crippen molar-refractivity contribution in [3.63, 3.8) is 0 Å². The van der Waals surface area contributed by atoms with Gasteiger partial charge in [0.15, 0.2) is 0 Å². The van der Waals surface area contributed by atoms with Crippen molar-refractivity contribution in [3.8, 4) is 0 Å². The molecule has 1 aliphatic rings. The lowest BCUT2D eigenvalue weighted by Gasteiger charge is -2.21. The minimum absolute atomic E-state index is 0.143. The van der Waals surface area contributed by atoms with Crippen LogP contribution in [0.2, 0.25) is 0 Å². The molecule has 1 aromatic carbocycles. The molecular formula is C16H16FNO4S. The molecule has 0 bridgehead atoms. The van der Waals surface area contributed by atoms with Crippen LogP contribution in [0.25, 0.3) is 6.08 Å². The number of nitrogens with zero attached hydrogens (tertiary/aromatic N) is 1. The number of benzene rings is 1. The molecule has 0 unspecified atom stereocenters. The van der Waals surface area contributed by atoms with E-state index >= 15 is 0 Å². The highest BCUT2D eigenvalue weighted by Crippen LogP contribution is 2.32. The van der Waals surface area contributed by atoms with E-state index in [0.29, 0.717) is 17.3 Å². The van der Waals surface area contributed by atoms with Crippen LogP contribution in [-0.4, -0.2) is 34.2 Å². The van der Waals surface area contributed by atoms with Crippen molar-refractivity contribution in [3.05, 3.63) is 40.6 Å². The van der Waals surface area contributed by atoms with E-state index in [1.165, 1.54) is 24.3 Å². The van der Waals surface area contributed by atoms with Crippen molar-refractivity contribution in [1.82, 2.24) is 4.90 Å². The molecule has 0 radical (unpaired) electrons. The molecule has 0 N–H and O–H groups in total. The number of carbonyl (C=O) groups is 3. The topological polar surface area (TPSA) is 63.7 Å². The van der Waals surface area contributed by atoms with Crippen molar-refractivity contribution in [2.45, 2.75) is 26.4 Å². The summed E-state index contributed by atoms with van der Waals surface area (Å²) < 4.78 is 18.3. The summed E-state index contributed by atoms with van der Waals surface area (Å²) in [6.07, 6.45) is 1.42. The monoisotopic (exact) mass is 337 g/mol. The Bertz CT molecular complexity index is 694. The molecule has 7 heteroatoms. The molecule has 0 spiro atoms. The first kappa shape index (κ1) is 17.2. The lowest BCUT2D eigenvalue weighted by atomic mass is 10.2. The molecule has 1 aliphatic heterocycles. The lowest BCUT2D eigenvalue weighted by Crippen LogP contribution is -2.37. The molecular weight excluding hydrogens is 321 g/mol. The lowest BCUT2D eigenvalue weighted by molar-refractivity contribution is -0.156. The Morgan fingerprint density at radius 1 is 1.35 bits per heavy atom. The van der Waals surface area contributed by atoms with Crippen molar-refractivity contribution >= 4 is 35.0 Å². The predicted molar refractivity (Wildman–Crippen MR) is 84.9 cm³/mol. The first-order valence-electron chi connectivity index (χ1n) is 6.88. The van der Waals surface area contributed by atoms with Crippen LogP contribution >= 0.6 is 11.8 Å². The van der Waals surface area contributed by atoms with Gasteiger partial charge in [-0.25, -0.2) is 4.39 Å². The number of thioether (sulfide) groups is 1. The summed E-state index contributed by atoms with van der Waals surface area (Å²) in [6.45, 7) is 4.65. The van der Waals surface area contributed by atoms with E-state index in [1.807, 2.05) is 0 Å². The average molecular weight is 337 g/mol. The minimum Gasteiger partial charge on any atom is -0.459 e. The highest BCUT2D eigenvalue weighted by atomic mass is 32.2. The molecule has 1 aromatic rings. The summed E-state index contributed by atoms with van der Waals surface area (Å²) >= 11 is 0.711. The fourth-order valence-corrected chi connectivity index (χ4v) is 2.73. The largest absolute Gasteiger partial charge is 0.459 e. The average Bonchev–Trinajstić information content (AvgIpc) is 2.64. The molecule has 0 saturated carbocycles. The van der Waals surface area contributed by atoms with Crippen molar-refractivity contribution < 1.29 is 23.5 Å². The van der Waals surface area contributed by atoms with Gasteiger partial charge in [0.2, 0.25) is 0 Å². The van der Waals surface area contributed by atoms with Crippen LogP contribution in [0.15, 0.2) is 29.2 Å². The SMILES string of the molecule is CC(C)(C)OC(=O)CN1C(=O)S/C(=C\c2cccc(F)c2)C1=O. The summed E-state index contributed by atoms with van der Waals surface area (Å²) in [6, 6.07) is 5.66. The summed E-state index contributed by atoms with van der Waals surface area (Å²) in [5, 5.41) is -0.552. The van der Waals surface area contributed by atoms with E-state index in [0.717, 1.165) is 4.90 Å². The van der Waals surface area contributed by atoms with Gasteiger partial charge in [-0.05, 0) is 56.3 Å². The van der Waals surface area contributed by atoms with Gasteiger partial charge < -0.3 is 4.74 Å². The molecule has 2 rings (SSSR count). The maximum atomic E-state index is 13.2. The number of amides is 2. The molecule has 1 heterocycles. The Morgan fingerprint density at radius 2 is 2.04 bits per heavy atom. The molecule has 5 nitrogen and oxygen atoms in total. The van der Waals surface area contributed by atoms with Crippen molar-refractivity contribution in [2.24, 2.45) is 0 Å². The van der Waals surface area contributed by atoms with Crippen LogP contribution < -0.4 is 0 Å². The Kier molecular flexibility index (Phi) is 4.89. The van der Waals surface area contributed by atoms with E-state index in [4.69, 9.17) is 4.74 Å². The predicted octanol–water partition coefficient (Wildman–Crippen LogP) is 3.20. The van der Waals surface area contributed by atoms with Gasteiger partial charge in [-0.3, -0.25) is 19.3 Å². The van der Waals surface area contributed by atoms with Gasteiger partial charge in [-0.2, -0.15) is 0 Å². The Labute approximate surface area is 137 Å². The van der Waals surface area contributed by atoms with Crippen molar-refractivity contribution in [1.29, 1.82) is 0 Å². The molecule has 1 fully saturated rings. The number of carbonyl (C=O) groups excluding carboxylic acids is 3.